The molecule has 2 aromatic rings. The number of para-hydroxylation sites is 2. The van der Waals surface area contributed by atoms with Gasteiger partial charge in [-0.2, -0.15) is 0 Å². The minimum absolute atomic E-state index is 0.0406. The Morgan fingerprint density at radius 2 is 1.48 bits per heavy atom. The number of anilines is 1. The molecule has 0 aromatic heterocycles. The summed E-state index contributed by atoms with van der Waals surface area (Å²) in [5.74, 6) is 1.31. The zero-order chi connectivity index (χ0) is 23.8. The average molecular weight is 453 g/mol. The normalized spacial score (nSPS) is 15.5. The number of carbonyl (C=O) groups is 2. The molecule has 0 saturated carbocycles. The molecule has 1 fully saturated rings. The van der Waals surface area contributed by atoms with E-state index in [1.165, 1.54) is 0 Å². The van der Waals surface area contributed by atoms with Crippen molar-refractivity contribution < 1.29 is 14.3 Å². The van der Waals surface area contributed by atoms with Crippen LogP contribution >= 0.6 is 0 Å². The molecule has 0 atom stereocenters. The van der Waals surface area contributed by atoms with E-state index in [2.05, 4.69) is 20.4 Å². The van der Waals surface area contributed by atoms with Gasteiger partial charge in [0.2, 0.25) is 11.8 Å². The SMILES string of the molecule is Cc1ccc(Oc2ccccc2NC(=O)CN2CCCN(CC(=O)NC(C)(C)C)CC2)cc1. The van der Waals surface area contributed by atoms with Gasteiger partial charge in [-0.25, -0.2) is 0 Å². The van der Waals surface area contributed by atoms with Crippen LogP contribution in [0.1, 0.15) is 32.8 Å². The van der Waals surface area contributed by atoms with Crippen molar-refractivity contribution in [1.82, 2.24) is 15.1 Å². The molecule has 0 unspecified atom stereocenters. The first kappa shape index (κ1) is 24.7. The minimum atomic E-state index is -0.230. The lowest BCUT2D eigenvalue weighted by Crippen LogP contribution is -2.46. The van der Waals surface area contributed by atoms with Crippen molar-refractivity contribution in [2.75, 3.05) is 44.6 Å². The molecule has 1 heterocycles. The first-order chi connectivity index (χ1) is 15.7. The second-order valence-corrected chi connectivity index (χ2v) is 9.66. The molecule has 33 heavy (non-hydrogen) atoms. The van der Waals surface area contributed by atoms with Crippen LogP contribution in [0.2, 0.25) is 0 Å². The summed E-state index contributed by atoms with van der Waals surface area (Å²) < 4.78 is 5.99. The van der Waals surface area contributed by atoms with Crippen LogP contribution in [0.15, 0.2) is 48.5 Å². The highest BCUT2D eigenvalue weighted by atomic mass is 16.5. The van der Waals surface area contributed by atoms with E-state index in [0.717, 1.165) is 43.9 Å². The number of carbonyl (C=O) groups excluding carboxylic acids is 2. The Kier molecular flexibility index (Phi) is 8.47. The second kappa shape index (κ2) is 11.3. The Morgan fingerprint density at radius 3 is 2.12 bits per heavy atom. The Morgan fingerprint density at radius 1 is 0.879 bits per heavy atom. The average Bonchev–Trinajstić information content (AvgIpc) is 2.94. The van der Waals surface area contributed by atoms with Gasteiger partial charge in [-0.15, -0.1) is 0 Å². The van der Waals surface area contributed by atoms with Gasteiger partial charge >= 0.3 is 0 Å². The highest BCUT2D eigenvalue weighted by Crippen LogP contribution is 2.29. The number of rotatable bonds is 7. The van der Waals surface area contributed by atoms with Gasteiger partial charge in [-0.1, -0.05) is 29.8 Å². The van der Waals surface area contributed by atoms with E-state index < -0.39 is 0 Å². The zero-order valence-electron chi connectivity index (χ0n) is 20.2. The summed E-state index contributed by atoms with van der Waals surface area (Å²) >= 11 is 0. The number of benzene rings is 2. The highest BCUT2D eigenvalue weighted by Gasteiger charge is 2.21. The van der Waals surface area contributed by atoms with Crippen LogP contribution in [0.4, 0.5) is 5.69 Å². The quantitative estimate of drug-likeness (QED) is 0.671. The largest absolute Gasteiger partial charge is 0.455 e. The third-order valence-corrected chi connectivity index (χ3v) is 5.34. The number of nitrogens with one attached hydrogen (secondary N) is 2. The zero-order valence-corrected chi connectivity index (χ0v) is 20.2. The number of hydrogen-bond donors (Lipinski definition) is 2. The van der Waals surface area contributed by atoms with E-state index in [4.69, 9.17) is 4.74 Å². The maximum Gasteiger partial charge on any atom is 0.238 e. The predicted molar refractivity (Wildman–Crippen MR) is 132 cm³/mol. The van der Waals surface area contributed by atoms with Crippen LogP contribution < -0.4 is 15.4 Å². The Hall–Kier alpha value is -2.90. The van der Waals surface area contributed by atoms with Crippen molar-refractivity contribution in [3.63, 3.8) is 0 Å². The summed E-state index contributed by atoms with van der Waals surface area (Å²) in [5.41, 5.74) is 1.58. The van der Waals surface area contributed by atoms with E-state index in [1.54, 1.807) is 0 Å². The topological polar surface area (TPSA) is 73.9 Å². The monoisotopic (exact) mass is 452 g/mol. The molecule has 7 nitrogen and oxygen atoms in total. The van der Waals surface area contributed by atoms with Gasteiger partial charge in [0.05, 0.1) is 18.8 Å². The third-order valence-electron chi connectivity index (χ3n) is 5.34. The van der Waals surface area contributed by atoms with Gasteiger partial charge in [0.25, 0.3) is 0 Å². The molecule has 1 aliphatic heterocycles. The maximum absolute atomic E-state index is 12.8. The van der Waals surface area contributed by atoms with Crippen LogP contribution in [-0.4, -0.2) is 66.4 Å². The van der Waals surface area contributed by atoms with Gasteiger partial charge in [-0.05, 0) is 71.5 Å². The van der Waals surface area contributed by atoms with Crippen LogP contribution in [0.3, 0.4) is 0 Å². The van der Waals surface area contributed by atoms with Crippen molar-refractivity contribution in [2.45, 2.75) is 39.7 Å². The molecule has 2 N–H and O–H groups in total. The minimum Gasteiger partial charge on any atom is -0.455 e. The number of nitrogens with zero attached hydrogens (tertiary/aromatic N) is 2. The summed E-state index contributed by atoms with van der Waals surface area (Å²) in [6.07, 6.45) is 0.920. The fraction of sp³-hybridized carbons (Fsp3) is 0.462. The highest BCUT2D eigenvalue weighted by molar-refractivity contribution is 5.93. The first-order valence-corrected chi connectivity index (χ1v) is 11.6. The van der Waals surface area contributed by atoms with Crippen LogP contribution in [-0.2, 0) is 9.59 Å². The first-order valence-electron chi connectivity index (χ1n) is 11.6. The molecule has 1 aliphatic rings. The molecule has 3 rings (SSSR count). The van der Waals surface area contributed by atoms with Crippen molar-refractivity contribution in [3.05, 3.63) is 54.1 Å². The van der Waals surface area contributed by atoms with Crippen LogP contribution in [0, 0.1) is 6.92 Å². The lowest BCUT2D eigenvalue weighted by atomic mass is 10.1. The molecule has 0 aliphatic carbocycles. The molecular weight excluding hydrogens is 416 g/mol. The van der Waals surface area contributed by atoms with Gasteiger partial charge in [-0.3, -0.25) is 19.4 Å². The molecule has 1 saturated heterocycles. The van der Waals surface area contributed by atoms with Crippen LogP contribution in [0.5, 0.6) is 11.5 Å². The summed E-state index contributed by atoms with van der Waals surface area (Å²) in [6.45, 7) is 11.9. The molecule has 0 radical (unpaired) electrons. The van der Waals surface area contributed by atoms with E-state index in [0.29, 0.717) is 24.5 Å². The van der Waals surface area contributed by atoms with Gasteiger partial charge < -0.3 is 15.4 Å². The molecule has 0 bridgehead atoms. The fourth-order valence-electron chi connectivity index (χ4n) is 3.79. The molecule has 178 valence electrons. The summed E-state index contributed by atoms with van der Waals surface area (Å²) in [5, 5.41) is 6.01. The molecule has 2 amide bonds. The number of amides is 2. The predicted octanol–water partition coefficient (Wildman–Crippen LogP) is 3.65. The lowest BCUT2D eigenvalue weighted by molar-refractivity contribution is -0.123. The van der Waals surface area contributed by atoms with Crippen molar-refractivity contribution >= 4 is 17.5 Å². The molecule has 0 spiro atoms. The maximum atomic E-state index is 12.8. The Bertz CT molecular complexity index is 937. The standard InChI is InChI=1S/C26H36N4O3/c1-20-10-12-21(13-11-20)33-23-9-6-5-8-22(23)27-24(31)18-29-14-7-15-30(17-16-29)19-25(32)28-26(2,3)4/h5-6,8-13H,7,14-19H2,1-4H3,(H,27,31)(H,28,32). The summed E-state index contributed by atoms with van der Waals surface area (Å²) in [7, 11) is 0. The molecule has 7 heteroatoms. The van der Waals surface area contributed by atoms with Crippen molar-refractivity contribution in [2.24, 2.45) is 0 Å². The smallest absolute Gasteiger partial charge is 0.238 e. The van der Waals surface area contributed by atoms with Crippen molar-refractivity contribution in [3.8, 4) is 11.5 Å². The number of aryl methyl sites for hydroxylation is 1. The van der Waals surface area contributed by atoms with Gasteiger partial charge in [0.15, 0.2) is 5.75 Å². The van der Waals surface area contributed by atoms with Crippen LogP contribution in [0.25, 0.3) is 0 Å². The molecule has 2 aromatic carbocycles. The Balaban J connectivity index is 1.51. The number of ether oxygens (including phenoxy) is 1. The van der Waals surface area contributed by atoms with E-state index in [1.807, 2.05) is 76.2 Å². The van der Waals surface area contributed by atoms with Gasteiger partial charge in [0, 0.05) is 18.6 Å². The summed E-state index contributed by atoms with van der Waals surface area (Å²) in [6, 6.07) is 15.3. The van der Waals surface area contributed by atoms with Crippen molar-refractivity contribution in [1.29, 1.82) is 0 Å². The fourth-order valence-corrected chi connectivity index (χ4v) is 3.79. The number of hydrogen-bond acceptors (Lipinski definition) is 5. The van der Waals surface area contributed by atoms with E-state index >= 15 is 0 Å². The van der Waals surface area contributed by atoms with E-state index in [9.17, 15) is 9.59 Å². The van der Waals surface area contributed by atoms with E-state index in [-0.39, 0.29) is 17.4 Å². The lowest BCUT2D eigenvalue weighted by Gasteiger charge is -2.25. The third kappa shape index (κ3) is 8.51. The molecular formula is C26H36N4O3. The summed E-state index contributed by atoms with van der Waals surface area (Å²) in [4.78, 5) is 29.3. The van der Waals surface area contributed by atoms with Gasteiger partial charge in [0.1, 0.15) is 5.75 Å². The second-order valence-electron chi connectivity index (χ2n) is 9.66. The Labute approximate surface area is 197 Å².